The average molecular weight is 361 g/mol. The molecule has 4 heteroatoms. The fourth-order valence-corrected chi connectivity index (χ4v) is 4.20. The Morgan fingerprint density at radius 2 is 1.52 bits per heavy atom. The number of aromatic nitrogens is 3. The van der Waals surface area contributed by atoms with Crippen LogP contribution in [0, 0.1) is 0 Å². The van der Waals surface area contributed by atoms with Crippen molar-refractivity contribution in [3.8, 4) is 0 Å². The SMILES string of the molecule is CC(C)(C)c1cn(C(c2ccccc2)(c2ccccc2)C2CCCN2)nn1. The molecule has 2 heterocycles. The van der Waals surface area contributed by atoms with E-state index in [1.54, 1.807) is 0 Å². The van der Waals surface area contributed by atoms with Crippen LogP contribution >= 0.6 is 0 Å². The summed E-state index contributed by atoms with van der Waals surface area (Å²) in [6.45, 7) is 7.58. The van der Waals surface area contributed by atoms with Gasteiger partial charge in [-0.2, -0.15) is 0 Å². The van der Waals surface area contributed by atoms with Crippen LogP contribution in [0.15, 0.2) is 66.9 Å². The van der Waals surface area contributed by atoms with Crippen molar-refractivity contribution < 1.29 is 0 Å². The summed E-state index contributed by atoms with van der Waals surface area (Å²) in [4.78, 5) is 0. The summed E-state index contributed by atoms with van der Waals surface area (Å²) in [6.07, 6.45) is 4.42. The zero-order valence-corrected chi connectivity index (χ0v) is 16.4. The van der Waals surface area contributed by atoms with Crippen LogP contribution in [0.3, 0.4) is 0 Å². The molecule has 1 unspecified atom stereocenters. The van der Waals surface area contributed by atoms with E-state index >= 15 is 0 Å². The van der Waals surface area contributed by atoms with E-state index in [4.69, 9.17) is 0 Å². The van der Waals surface area contributed by atoms with E-state index in [1.807, 2.05) is 0 Å². The predicted octanol–water partition coefficient (Wildman–Crippen LogP) is 4.12. The summed E-state index contributed by atoms with van der Waals surface area (Å²) in [5.74, 6) is 0. The van der Waals surface area contributed by atoms with Crippen LogP contribution in [0.4, 0.5) is 0 Å². The van der Waals surface area contributed by atoms with Gasteiger partial charge in [0.25, 0.3) is 0 Å². The van der Waals surface area contributed by atoms with Crippen molar-refractivity contribution >= 4 is 0 Å². The lowest BCUT2D eigenvalue weighted by Gasteiger charge is -2.40. The molecular formula is C23H28N4. The molecule has 1 fully saturated rings. The van der Waals surface area contributed by atoms with Crippen molar-refractivity contribution in [2.24, 2.45) is 0 Å². The molecule has 1 aromatic heterocycles. The molecule has 2 aromatic carbocycles. The molecule has 0 aliphatic carbocycles. The maximum absolute atomic E-state index is 4.68. The van der Waals surface area contributed by atoms with Crippen LogP contribution in [-0.2, 0) is 11.0 Å². The number of hydrogen-bond donors (Lipinski definition) is 1. The Hall–Kier alpha value is -2.46. The van der Waals surface area contributed by atoms with Gasteiger partial charge in [-0.15, -0.1) is 5.10 Å². The third-order valence-corrected chi connectivity index (χ3v) is 5.62. The maximum atomic E-state index is 4.68. The van der Waals surface area contributed by atoms with Crippen molar-refractivity contribution in [2.45, 2.75) is 50.6 Å². The summed E-state index contributed by atoms with van der Waals surface area (Å²) in [6, 6.07) is 21.7. The Balaban J connectivity index is 2.00. The topological polar surface area (TPSA) is 42.7 Å². The van der Waals surface area contributed by atoms with Gasteiger partial charge in [-0.3, -0.25) is 0 Å². The van der Waals surface area contributed by atoms with Gasteiger partial charge in [0.15, 0.2) is 0 Å². The minimum atomic E-state index is -0.421. The molecule has 1 aliphatic heterocycles. The number of nitrogens with one attached hydrogen (secondary N) is 1. The Morgan fingerprint density at radius 1 is 0.926 bits per heavy atom. The number of benzene rings is 2. The fraction of sp³-hybridized carbons (Fsp3) is 0.391. The van der Waals surface area contributed by atoms with E-state index in [9.17, 15) is 0 Å². The largest absolute Gasteiger partial charge is 0.311 e. The van der Waals surface area contributed by atoms with E-state index in [-0.39, 0.29) is 11.5 Å². The third kappa shape index (κ3) is 3.08. The molecule has 140 valence electrons. The highest BCUT2D eigenvalue weighted by Gasteiger charge is 2.46. The van der Waals surface area contributed by atoms with E-state index in [0.717, 1.165) is 18.7 Å². The second kappa shape index (κ2) is 6.93. The molecule has 0 amide bonds. The molecule has 27 heavy (non-hydrogen) atoms. The first kappa shape index (κ1) is 17.9. The first-order valence-corrected chi connectivity index (χ1v) is 9.80. The molecule has 1 atom stereocenters. The van der Waals surface area contributed by atoms with Crippen LogP contribution in [0.5, 0.6) is 0 Å². The molecule has 4 rings (SSSR count). The molecule has 3 aromatic rings. The zero-order chi connectivity index (χ0) is 18.9. The Kier molecular flexibility index (Phi) is 4.60. The molecule has 0 saturated carbocycles. The molecular weight excluding hydrogens is 332 g/mol. The highest BCUT2D eigenvalue weighted by molar-refractivity contribution is 5.42. The van der Waals surface area contributed by atoms with Gasteiger partial charge in [-0.05, 0) is 30.5 Å². The monoisotopic (exact) mass is 360 g/mol. The Labute approximate surface area is 161 Å². The molecule has 0 bridgehead atoms. The second-order valence-electron chi connectivity index (χ2n) is 8.45. The highest BCUT2D eigenvalue weighted by Crippen LogP contribution is 2.40. The summed E-state index contributed by atoms with van der Waals surface area (Å²) in [5, 5.41) is 13.0. The van der Waals surface area contributed by atoms with Gasteiger partial charge in [-0.1, -0.05) is 86.6 Å². The zero-order valence-electron chi connectivity index (χ0n) is 16.4. The maximum Gasteiger partial charge on any atom is 0.129 e. The highest BCUT2D eigenvalue weighted by atomic mass is 15.5. The first-order valence-electron chi connectivity index (χ1n) is 9.80. The average Bonchev–Trinajstić information content (AvgIpc) is 3.37. The van der Waals surface area contributed by atoms with Gasteiger partial charge in [0.2, 0.25) is 0 Å². The van der Waals surface area contributed by atoms with Crippen molar-refractivity contribution in [3.05, 3.63) is 83.7 Å². The summed E-state index contributed by atoms with van der Waals surface area (Å²) >= 11 is 0. The molecule has 1 saturated heterocycles. The van der Waals surface area contributed by atoms with E-state index < -0.39 is 5.54 Å². The molecule has 1 aliphatic rings. The molecule has 4 nitrogen and oxygen atoms in total. The van der Waals surface area contributed by atoms with Gasteiger partial charge >= 0.3 is 0 Å². The quantitative estimate of drug-likeness (QED) is 0.761. The van der Waals surface area contributed by atoms with E-state index in [0.29, 0.717) is 0 Å². The Morgan fingerprint density at radius 3 is 1.96 bits per heavy atom. The smallest absolute Gasteiger partial charge is 0.129 e. The number of nitrogens with zero attached hydrogens (tertiary/aromatic N) is 3. The number of hydrogen-bond acceptors (Lipinski definition) is 3. The van der Waals surface area contributed by atoms with E-state index in [2.05, 4.69) is 108 Å². The lowest BCUT2D eigenvalue weighted by molar-refractivity contribution is 0.288. The van der Waals surface area contributed by atoms with Crippen LogP contribution in [0.1, 0.15) is 50.4 Å². The minimum absolute atomic E-state index is 0.0412. The van der Waals surface area contributed by atoms with E-state index in [1.165, 1.54) is 17.5 Å². The lowest BCUT2D eigenvalue weighted by atomic mass is 9.76. The summed E-state index contributed by atoms with van der Waals surface area (Å²) in [5.41, 5.74) is 3.02. The van der Waals surface area contributed by atoms with Gasteiger partial charge < -0.3 is 5.32 Å². The molecule has 1 N–H and O–H groups in total. The summed E-state index contributed by atoms with van der Waals surface area (Å²) < 4.78 is 2.10. The number of rotatable bonds is 4. The summed E-state index contributed by atoms with van der Waals surface area (Å²) in [7, 11) is 0. The standard InChI is InChI=1S/C23H28N4/c1-22(2,3)21-17-27(26-25-21)23(20-15-10-16-24-20,18-11-6-4-7-12-18)19-13-8-5-9-14-19/h4-9,11-14,17,20,24H,10,15-16H2,1-3H3. The predicted molar refractivity (Wildman–Crippen MR) is 109 cm³/mol. The normalized spacial score (nSPS) is 18.0. The molecule has 0 radical (unpaired) electrons. The molecule has 0 spiro atoms. The van der Waals surface area contributed by atoms with Crippen molar-refractivity contribution in [1.82, 2.24) is 20.3 Å². The van der Waals surface area contributed by atoms with Crippen LogP contribution in [0.25, 0.3) is 0 Å². The van der Waals surface area contributed by atoms with Gasteiger partial charge in [0.1, 0.15) is 5.54 Å². The van der Waals surface area contributed by atoms with Crippen molar-refractivity contribution in [1.29, 1.82) is 0 Å². The van der Waals surface area contributed by atoms with Gasteiger partial charge in [0, 0.05) is 11.5 Å². The third-order valence-electron chi connectivity index (χ3n) is 5.62. The fourth-order valence-electron chi connectivity index (χ4n) is 4.20. The minimum Gasteiger partial charge on any atom is -0.311 e. The lowest BCUT2D eigenvalue weighted by Crippen LogP contribution is -2.52. The second-order valence-corrected chi connectivity index (χ2v) is 8.45. The first-order chi connectivity index (χ1) is 13.0. The van der Waals surface area contributed by atoms with Crippen LogP contribution in [-0.4, -0.2) is 27.6 Å². The van der Waals surface area contributed by atoms with Crippen molar-refractivity contribution in [3.63, 3.8) is 0 Å². The van der Waals surface area contributed by atoms with Crippen molar-refractivity contribution in [2.75, 3.05) is 6.54 Å². The van der Waals surface area contributed by atoms with Gasteiger partial charge in [0.05, 0.1) is 11.9 Å². The Bertz CT molecular complexity index is 832. The van der Waals surface area contributed by atoms with Gasteiger partial charge in [-0.25, -0.2) is 4.68 Å². The van der Waals surface area contributed by atoms with Crippen LogP contribution < -0.4 is 5.32 Å². The van der Waals surface area contributed by atoms with Crippen LogP contribution in [0.2, 0.25) is 0 Å².